The number of piperazine rings is 1. The minimum absolute atomic E-state index is 0.00242. The van der Waals surface area contributed by atoms with Crippen LogP contribution in [0, 0.1) is 0 Å². The summed E-state index contributed by atoms with van der Waals surface area (Å²) in [5.74, 6) is 1.16. The highest BCUT2D eigenvalue weighted by molar-refractivity contribution is 7.89. The van der Waals surface area contributed by atoms with Crippen LogP contribution in [-0.4, -0.2) is 68.2 Å². The van der Waals surface area contributed by atoms with E-state index in [1.54, 1.807) is 23.3 Å². The molecule has 7 nitrogen and oxygen atoms in total. The maximum Gasteiger partial charge on any atom is 0.243 e. The van der Waals surface area contributed by atoms with E-state index in [0.717, 1.165) is 11.3 Å². The number of sulfonamides is 1. The van der Waals surface area contributed by atoms with E-state index in [2.05, 4.69) is 13.8 Å². The number of carbonyl (C=O) groups excluding carboxylic acids is 1. The molecule has 1 saturated heterocycles. The Kier molecular flexibility index (Phi) is 6.77. The lowest BCUT2D eigenvalue weighted by molar-refractivity contribution is -0.133. The molecule has 29 heavy (non-hydrogen) atoms. The fourth-order valence-corrected chi connectivity index (χ4v) is 4.83. The Labute approximate surface area is 172 Å². The van der Waals surface area contributed by atoms with Crippen LogP contribution in [0.5, 0.6) is 0 Å². The van der Waals surface area contributed by atoms with Crippen molar-refractivity contribution in [2.75, 3.05) is 39.8 Å². The summed E-state index contributed by atoms with van der Waals surface area (Å²) in [7, 11) is -1.68. The lowest BCUT2D eigenvalue weighted by Crippen LogP contribution is -2.52. The predicted molar refractivity (Wildman–Crippen MR) is 111 cm³/mol. The average Bonchev–Trinajstić information content (AvgIpc) is 3.21. The maximum atomic E-state index is 12.9. The number of rotatable bonds is 7. The largest absolute Gasteiger partial charge is 0.468 e. The molecular formula is C21H29N3O4S. The van der Waals surface area contributed by atoms with Gasteiger partial charge in [-0.3, -0.25) is 9.69 Å². The number of benzene rings is 1. The van der Waals surface area contributed by atoms with Crippen LogP contribution in [0.1, 0.15) is 31.1 Å². The highest BCUT2D eigenvalue weighted by Gasteiger charge is 2.30. The predicted octanol–water partition coefficient (Wildman–Crippen LogP) is 2.37. The van der Waals surface area contributed by atoms with Crippen LogP contribution in [0.4, 0.5) is 0 Å². The molecule has 8 heteroatoms. The van der Waals surface area contributed by atoms with Crippen molar-refractivity contribution in [1.29, 1.82) is 0 Å². The third kappa shape index (κ3) is 5.26. The molecule has 1 amide bonds. The number of furan rings is 1. The second kappa shape index (κ2) is 9.11. The summed E-state index contributed by atoms with van der Waals surface area (Å²) >= 11 is 0. The standard InChI is InChI=1S/C21H29N3O4S/c1-17(2)18-6-8-20(9-7-18)29(26,27)24-12-10-23(11-13-24)21(25)16-22(3)15-19-5-4-14-28-19/h4-9,14,17H,10-13,15-16H2,1-3H3. The van der Waals surface area contributed by atoms with E-state index in [0.29, 0.717) is 43.5 Å². The van der Waals surface area contributed by atoms with Gasteiger partial charge in [0.25, 0.3) is 0 Å². The first-order chi connectivity index (χ1) is 13.8. The van der Waals surface area contributed by atoms with Gasteiger partial charge in [-0.15, -0.1) is 0 Å². The zero-order valence-electron chi connectivity index (χ0n) is 17.2. The van der Waals surface area contributed by atoms with Gasteiger partial charge in [-0.1, -0.05) is 26.0 Å². The lowest BCUT2D eigenvalue weighted by atomic mass is 10.0. The van der Waals surface area contributed by atoms with E-state index in [9.17, 15) is 13.2 Å². The molecule has 0 radical (unpaired) electrons. The van der Waals surface area contributed by atoms with Gasteiger partial charge in [0.2, 0.25) is 15.9 Å². The Balaban J connectivity index is 1.54. The summed E-state index contributed by atoms with van der Waals surface area (Å²) in [4.78, 5) is 16.5. The van der Waals surface area contributed by atoms with Crippen LogP contribution >= 0.6 is 0 Å². The van der Waals surface area contributed by atoms with Crippen molar-refractivity contribution in [3.8, 4) is 0 Å². The van der Waals surface area contributed by atoms with E-state index >= 15 is 0 Å². The van der Waals surface area contributed by atoms with Crippen LogP contribution in [-0.2, 0) is 21.4 Å². The van der Waals surface area contributed by atoms with Crippen LogP contribution in [0.2, 0.25) is 0 Å². The van der Waals surface area contributed by atoms with Gasteiger partial charge in [-0.25, -0.2) is 8.42 Å². The Hall–Kier alpha value is -2.16. The first-order valence-corrected chi connectivity index (χ1v) is 11.3. The average molecular weight is 420 g/mol. The molecular weight excluding hydrogens is 390 g/mol. The van der Waals surface area contributed by atoms with Crippen molar-refractivity contribution in [3.05, 3.63) is 54.0 Å². The third-order valence-electron chi connectivity index (χ3n) is 5.19. The van der Waals surface area contributed by atoms with Crippen LogP contribution in [0.3, 0.4) is 0 Å². The molecule has 1 aromatic heterocycles. The Morgan fingerprint density at radius 3 is 2.31 bits per heavy atom. The minimum Gasteiger partial charge on any atom is -0.468 e. The zero-order valence-corrected chi connectivity index (χ0v) is 18.1. The smallest absolute Gasteiger partial charge is 0.243 e. The van der Waals surface area contributed by atoms with Crippen LogP contribution in [0.25, 0.3) is 0 Å². The first-order valence-electron chi connectivity index (χ1n) is 9.86. The molecule has 0 unspecified atom stereocenters. The summed E-state index contributed by atoms with van der Waals surface area (Å²) in [6, 6.07) is 10.8. The van der Waals surface area contributed by atoms with Crippen molar-refractivity contribution >= 4 is 15.9 Å². The molecule has 3 rings (SSSR count). The highest BCUT2D eigenvalue weighted by atomic mass is 32.2. The Morgan fingerprint density at radius 1 is 1.10 bits per heavy atom. The lowest BCUT2D eigenvalue weighted by Gasteiger charge is -2.34. The molecule has 0 atom stereocenters. The summed E-state index contributed by atoms with van der Waals surface area (Å²) in [6.07, 6.45) is 1.61. The maximum absolute atomic E-state index is 12.9. The van der Waals surface area contributed by atoms with Crippen molar-refractivity contribution < 1.29 is 17.6 Å². The van der Waals surface area contributed by atoms with Crippen LogP contribution < -0.4 is 0 Å². The van der Waals surface area contributed by atoms with Crippen molar-refractivity contribution in [1.82, 2.24) is 14.1 Å². The second-order valence-electron chi connectivity index (χ2n) is 7.76. The van der Waals surface area contributed by atoms with Crippen LogP contribution in [0.15, 0.2) is 52.0 Å². The fourth-order valence-electron chi connectivity index (χ4n) is 3.41. The van der Waals surface area contributed by atoms with Crippen molar-refractivity contribution in [3.63, 3.8) is 0 Å². The minimum atomic E-state index is -3.54. The van der Waals surface area contributed by atoms with Gasteiger partial charge >= 0.3 is 0 Å². The molecule has 1 aliphatic heterocycles. The van der Waals surface area contributed by atoms with Gasteiger partial charge < -0.3 is 9.32 Å². The molecule has 0 N–H and O–H groups in total. The molecule has 0 aliphatic carbocycles. The number of amides is 1. The summed E-state index contributed by atoms with van der Waals surface area (Å²) in [6.45, 7) is 6.39. The summed E-state index contributed by atoms with van der Waals surface area (Å²) < 4.78 is 32.6. The molecule has 1 aromatic carbocycles. The van der Waals surface area contributed by atoms with Gasteiger partial charge in [-0.2, -0.15) is 4.31 Å². The van der Waals surface area contributed by atoms with Crippen molar-refractivity contribution in [2.24, 2.45) is 0 Å². The molecule has 0 bridgehead atoms. The topological polar surface area (TPSA) is 74.1 Å². The zero-order chi connectivity index (χ0) is 21.0. The molecule has 158 valence electrons. The first kappa shape index (κ1) is 21.5. The number of carbonyl (C=O) groups is 1. The fraction of sp³-hybridized carbons (Fsp3) is 0.476. The summed E-state index contributed by atoms with van der Waals surface area (Å²) in [5.41, 5.74) is 1.11. The monoisotopic (exact) mass is 419 g/mol. The number of hydrogen-bond donors (Lipinski definition) is 0. The quantitative estimate of drug-likeness (QED) is 0.689. The molecule has 1 aliphatic rings. The normalized spacial score (nSPS) is 16.0. The van der Waals surface area contributed by atoms with E-state index in [1.165, 1.54) is 4.31 Å². The van der Waals surface area contributed by atoms with E-state index in [-0.39, 0.29) is 12.5 Å². The second-order valence-corrected chi connectivity index (χ2v) is 9.70. The van der Waals surface area contributed by atoms with Crippen molar-refractivity contribution in [2.45, 2.75) is 31.2 Å². The molecule has 2 heterocycles. The molecule has 2 aromatic rings. The number of hydrogen-bond acceptors (Lipinski definition) is 5. The molecule has 1 fully saturated rings. The SMILES string of the molecule is CC(C)c1ccc(S(=O)(=O)N2CCN(C(=O)CN(C)Cc3ccco3)CC2)cc1. The van der Waals surface area contributed by atoms with Gasteiger partial charge in [0.15, 0.2) is 0 Å². The van der Waals surface area contributed by atoms with Gasteiger partial charge in [0.1, 0.15) is 5.76 Å². The number of likely N-dealkylation sites (N-methyl/N-ethyl adjacent to an activating group) is 1. The molecule has 0 spiro atoms. The van der Waals surface area contributed by atoms with E-state index < -0.39 is 10.0 Å². The number of nitrogens with zero attached hydrogens (tertiary/aromatic N) is 3. The third-order valence-corrected chi connectivity index (χ3v) is 7.10. The summed E-state index contributed by atoms with van der Waals surface area (Å²) in [5, 5.41) is 0. The van der Waals surface area contributed by atoms with Gasteiger partial charge in [0, 0.05) is 26.2 Å². The van der Waals surface area contributed by atoms with Gasteiger partial charge in [0.05, 0.1) is 24.2 Å². The molecule has 0 saturated carbocycles. The van der Waals surface area contributed by atoms with Gasteiger partial charge in [-0.05, 0) is 42.8 Å². The highest BCUT2D eigenvalue weighted by Crippen LogP contribution is 2.21. The van der Waals surface area contributed by atoms with E-state index in [1.807, 2.05) is 36.2 Å². The van der Waals surface area contributed by atoms with E-state index in [4.69, 9.17) is 4.42 Å². The Morgan fingerprint density at radius 2 is 1.76 bits per heavy atom. The Bertz CT molecular complexity index is 900.